The minimum Gasteiger partial charge on any atom is -0.469 e. The molecule has 0 unspecified atom stereocenters. The molecule has 1 heterocycles. The number of ether oxygens (including phenoxy) is 1. The number of carbonyl (C=O) groups excluding carboxylic acids is 1. The number of thioether (sulfide) groups is 2. The Morgan fingerprint density at radius 3 is 2.42 bits per heavy atom. The van der Waals surface area contributed by atoms with Crippen molar-refractivity contribution in [3.63, 3.8) is 0 Å². The first-order valence-electron chi connectivity index (χ1n) is 6.29. The monoisotopic (exact) mass is 314 g/mol. The van der Waals surface area contributed by atoms with Gasteiger partial charge in [-0.1, -0.05) is 0 Å². The molecule has 1 aliphatic carbocycles. The van der Waals surface area contributed by atoms with E-state index in [2.05, 4.69) is 4.74 Å². The first-order chi connectivity index (χ1) is 8.86. The van der Waals surface area contributed by atoms with E-state index >= 15 is 0 Å². The Morgan fingerprint density at radius 1 is 1.26 bits per heavy atom. The maximum absolute atomic E-state index is 13.0. The quantitative estimate of drug-likeness (QED) is 0.689. The molecule has 0 aromatic carbocycles. The Bertz CT molecular complexity index is 340. The summed E-state index contributed by atoms with van der Waals surface area (Å²) in [5, 5.41) is 0. The van der Waals surface area contributed by atoms with Gasteiger partial charge in [-0.05, 0) is 37.2 Å². The third-order valence-electron chi connectivity index (χ3n) is 3.70. The summed E-state index contributed by atoms with van der Waals surface area (Å²) in [5.41, 5.74) is 0. The van der Waals surface area contributed by atoms with Crippen LogP contribution in [-0.4, -0.2) is 34.8 Å². The van der Waals surface area contributed by atoms with Crippen molar-refractivity contribution >= 4 is 29.5 Å². The highest BCUT2D eigenvalue weighted by atomic mass is 32.2. The van der Waals surface area contributed by atoms with Crippen LogP contribution in [-0.2, 0) is 9.53 Å². The highest BCUT2D eigenvalue weighted by Gasteiger charge is 2.53. The SMILES string of the molecule is COC(=O)[C@H]1C[C@@H](C(F)(F)F)CC2(C1)SCCCS2. The molecule has 7 heteroatoms. The lowest BCUT2D eigenvalue weighted by atomic mass is 9.80. The van der Waals surface area contributed by atoms with Gasteiger partial charge in [0.05, 0.1) is 23.0 Å². The predicted molar refractivity (Wildman–Crippen MR) is 71.2 cm³/mol. The fraction of sp³-hybridized carbons (Fsp3) is 0.917. The van der Waals surface area contributed by atoms with Gasteiger partial charge in [-0.2, -0.15) is 13.2 Å². The highest BCUT2D eigenvalue weighted by molar-refractivity contribution is 8.18. The number of alkyl halides is 3. The van der Waals surface area contributed by atoms with Gasteiger partial charge in [-0.3, -0.25) is 4.79 Å². The molecule has 0 bridgehead atoms. The van der Waals surface area contributed by atoms with E-state index in [0.717, 1.165) is 17.9 Å². The van der Waals surface area contributed by atoms with Gasteiger partial charge in [-0.15, -0.1) is 23.5 Å². The van der Waals surface area contributed by atoms with Crippen molar-refractivity contribution in [2.75, 3.05) is 18.6 Å². The molecule has 19 heavy (non-hydrogen) atoms. The first-order valence-corrected chi connectivity index (χ1v) is 8.26. The standard InChI is InChI=1S/C12H17F3O2S2/c1-17-10(16)8-5-9(12(13,14)15)7-11(6-8)18-3-2-4-19-11/h8-9H,2-7H2,1H3/t8-,9+/m0/s1. The number of carbonyl (C=O) groups is 1. The molecule has 110 valence electrons. The van der Waals surface area contributed by atoms with Crippen LogP contribution in [0.15, 0.2) is 0 Å². The van der Waals surface area contributed by atoms with Crippen LogP contribution in [0.25, 0.3) is 0 Å². The van der Waals surface area contributed by atoms with Crippen LogP contribution < -0.4 is 0 Å². The molecule has 0 aromatic rings. The molecule has 0 N–H and O–H groups in total. The van der Waals surface area contributed by atoms with Crippen LogP contribution in [0.5, 0.6) is 0 Å². The van der Waals surface area contributed by atoms with Crippen LogP contribution in [0.4, 0.5) is 13.2 Å². The van der Waals surface area contributed by atoms with Crippen molar-refractivity contribution in [3.8, 4) is 0 Å². The molecular weight excluding hydrogens is 297 g/mol. The molecule has 1 spiro atoms. The summed E-state index contributed by atoms with van der Waals surface area (Å²) >= 11 is 3.19. The molecule has 1 saturated carbocycles. The number of methoxy groups -OCH3 is 1. The largest absolute Gasteiger partial charge is 0.469 e. The molecule has 2 aliphatic rings. The Kier molecular flexibility index (Phi) is 4.65. The van der Waals surface area contributed by atoms with E-state index in [9.17, 15) is 18.0 Å². The second-order valence-corrected chi connectivity index (χ2v) is 8.28. The molecule has 1 aliphatic heterocycles. The minimum absolute atomic E-state index is 0.124. The molecule has 2 nitrogen and oxygen atoms in total. The summed E-state index contributed by atoms with van der Waals surface area (Å²) in [5.74, 6) is -0.747. The van der Waals surface area contributed by atoms with Gasteiger partial charge in [0, 0.05) is 0 Å². The van der Waals surface area contributed by atoms with Crippen molar-refractivity contribution in [2.24, 2.45) is 11.8 Å². The second-order valence-electron chi connectivity index (χ2n) is 5.06. The molecule has 0 amide bonds. The maximum atomic E-state index is 13.0. The average Bonchev–Trinajstić information content (AvgIpc) is 2.37. The van der Waals surface area contributed by atoms with Gasteiger partial charge in [0.1, 0.15) is 0 Å². The van der Waals surface area contributed by atoms with Crippen molar-refractivity contribution in [3.05, 3.63) is 0 Å². The molecule has 2 fully saturated rings. The Labute approximate surface area is 119 Å². The van der Waals surface area contributed by atoms with E-state index in [-0.39, 0.29) is 12.8 Å². The lowest BCUT2D eigenvalue weighted by Gasteiger charge is -2.45. The van der Waals surface area contributed by atoms with Crippen molar-refractivity contribution < 1.29 is 22.7 Å². The van der Waals surface area contributed by atoms with Gasteiger partial charge in [0.2, 0.25) is 0 Å². The van der Waals surface area contributed by atoms with Gasteiger partial charge in [-0.25, -0.2) is 0 Å². The minimum atomic E-state index is -4.22. The molecule has 0 aromatic heterocycles. The highest BCUT2D eigenvalue weighted by Crippen LogP contribution is 2.57. The number of hydrogen-bond acceptors (Lipinski definition) is 4. The Morgan fingerprint density at radius 2 is 1.89 bits per heavy atom. The number of rotatable bonds is 1. The smallest absolute Gasteiger partial charge is 0.391 e. The second kappa shape index (κ2) is 5.76. The van der Waals surface area contributed by atoms with Gasteiger partial charge >= 0.3 is 12.1 Å². The lowest BCUT2D eigenvalue weighted by Crippen LogP contribution is -2.43. The number of halogens is 3. The molecular formula is C12H17F3O2S2. The summed E-state index contributed by atoms with van der Waals surface area (Å²) in [7, 11) is 1.24. The number of esters is 1. The summed E-state index contributed by atoms with van der Waals surface area (Å²) in [4.78, 5) is 11.7. The zero-order chi connectivity index (χ0) is 14.1. The fourth-order valence-electron chi connectivity index (χ4n) is 2.79. The average molecular weight is 314 g/mol. The summed E-state index contributed by atoms with van der Waals surface area (Å²) in [6.45, 7) is 0. The Balaban J connectivity index is 2.18. The topological polar surface area (TPSA) is 26.3 Å². The summed E-state index contributed by atoms with van der Waals surface area (Å²) in [6.07, 6.45) is -2.70. The van der Waals surface area contributed by atoms with Crippen LogP contribution in [0.1, 0.15) is 25.7 Å². The molecule has 2 atom stereocenters. The van der Waals surface area contributed by atoms with Gasteiger partial charge < -0.3 is 4.74 Å². The Hall–Kier alpha value is -0.0400. The molecule has 1 saturated heterocycles. The van der Waals surface area contributed by atoms with Crippen molar-refractivity contribution in [1.82, 2.24) is 0 Å². The molecule has 0 radical (unpaired) electrons. The lowest BCUT2D eigenvalue weighted by molar-refractivity contribution is -0.188. The maximum Gasteiger partial charge on any atom is 0.391 e. The van der Waals surface area contributed by atoms with Crippen LogP contribution >= 0.6 is 23.5 Å². The van der Waals surface area contributed by atoms with Crippen LogP contribution in [0.3, 0.4) is 0 Å². The van der Waals surface area contributed by atoms with Gasteiger partial charge in [0.15, 0.2) is 0 Å². The number of hydrogen-bond donors (Lipinski definition) is 0. The van der Waals surface area contributed by atoms with E-state index in [1.54, 1.807) is 23.5 Å². The van der Waals surface area contributed by atoms with Crippen molar-refractivity contribution in [2.45, 2.75) is 35.9 Å². The van der Waals surface area contributed by atoms with E-state index < -0.39 is 28.1 Å². The van der Waals surface area contributed by atoms with E-state index in [0.29, 0.717) is 6.42 Å². The van der Waals surface area contributed by atoms with Crippen molar-refractivity contribution in [1.29, 1.82) is 0 Å². The van der Waals surface area contributed by atoms with E-state index in [4.69, 9.17) is 0 Å². The van der Waals surface area contributed by atoms with Crippen LogP contribution in [0.2, 0.25) is 0 Å². The predicted octanol–water partition coefficient (Wildman–Crippen LogP) is 3.70. The van der Waals surface area contributed by atoms with Gasteiger partial charge in [0.25, 0.3) is 0 Å². The third-order valence-corrected chi connectivity index (χ3v) is 7.11. The summed E-state index contributed by atoms with van der Waals surface area (Å²) in [6, 6.07) is 0. The van der Waals surface area contributed by atoms with Crippen LogP contribution in [0, 0.1) is 11.8 Å². The summed E-state index contributed by atoms with van der Waals surface area (Å²) < 4.78 is 43.4. The zero-order valence-electron chi connectivity index (χ0n) is 10.7. The fourth-order valence-corrected chi connectivity index (χ4v) is 6.41. The van der Waals surface area contributed by atoms with E-state index in [1.807, 2.05) is 0 Å². The zero-order valence-corrected chi connectivity index (χ0v) is 12.3. The third kappa shape index (κ3) is 3.54. The molecule has 2 rings (SSSR count). The van der Waals surface area contributed by atoms with E-state index in [1.165, 1.54) is 7.11 Å². The normalized spacial score (nSPS) is 31.2. The first kappa shape index (κ1) is 15.4.